The maximum atomic E-state index is 13.8. The predicted octanol–water partition coefficient (Wildman–Crippen LogP) is 5.38. The smallest absolute Gasteiger partial charge is 0.235 e. The molecule has 2 aliphatic carbocycles. The second-order valence-electron chi connectivity index (χ2n) is 8.34. The molecule has 2 aromatic carbocycles. The molecule has 2 amide bonds. The fourth-order valence-electron chi connectivity index (χ4n) is 4.66. The summed E-state index contributed by atoms with van der Waals surface area (Å²) in [6.45, 7) is 0. The molecular weight excluding hydrogens is 372 g/mol. The van der Waals surface area contributed by atoms with Crippen molar-refractivity contribution in [2.24, 2.45) is 11.8 Å². The summed E-state index contributed by atoms with van der Waals surface area (Å²) in [5.41, 5.74) is 1.66. The zero-order chi connectivity index (χ0) is 20.8. The van der Waals surface area contributed by atoms with Crippen molar-refractivity contribution in [3.63, 3.8) is 0 Å². The van der Waals surface area contributed by atoms with Crippen molar-refractivity contribution in [2.45, 2.75) is 51.0 Å². The molecule has 0 bridgehead atoms. The van der Waals surface area contributed by atoms with Gasteiger partial charge in [0.2, 0.25) is 11.8 Å². The van der Waals surface area contributed by atoms with Crippen molar-refractivity contribution < 1.29 is 9.59 Å². The summed E-state index contributed by atoms with van der Waals surface area (Å²) in [5, 5.41) is 3.25. The Kier molecular flexibility index (Phi) is 6.63. The van der Waals surface area contributed by atoms with Crippen LogP contribution in [0.25, 0.3) is 0 Å². The minimum Gasteiger partial charge on any atom is -0.353 e. The van der Waals surface area contributed by atoms with Gasteiger partial charge in [-0.05, 0) is 49.9 Å². The van der Waals surface area contributed by atoms with Crippen LogP contribution in [0.5, 0.6) is 0 Å². The number of benzene rings is 2. The Morgan fingerprint density at radius 2 is 1.27 bits per heavy atom. The van der Waals surface area contributed by atoms with Gasteiger partial charge < -0.3 is 5.32 Å². The molecule has 1 saturated carbocycles. The standard InChI is InChI=1S/C26H30N2O2/c29-25(27-20-12-4-1-5-13-20)23-18-10-11-19-24(23)26(30)28(21-14-6-2-7-15-21)22-16-8-3-9-17-22/h2-3,6-11,14-17,20,23-24H,1,4-5,12-13,18-19H2,(H,27,29). The highest BCUT2D eigenvalue weighted by atomic mass is 16.2. The molecule has 156 valence electrons. The first-order valence-electron chi connectivity index (χ1n) is 11.1. The zero-order valence-electron chi connectivity index (χ0n) is 17.4. The van der Waals surface area contributed by atoms with E-state index >= 15 is 0 Å². The highest BCUT2D eigenvalue weighted by Gasteiger charge is 2.38. The fourth-order valence-corrected chi connectivity index (χ4v) is 4.66. The van der Waals surface area contributed by atoms with Crippen LogP contribution < -0.4 is 10.2 Å². The lowest BCUT2D eigenvalue weighted by atomic mass is 9.80. The summed E-state index contributed by atoms with van der Waals surface area (Å²) in [5.74, 6) is -0.662. The number of para-hydroxylation sites is 2. The number of nitrogens with one attached hydrogen (secondary N) is 1. The van der Waals surface area contributed by atoms with Gasteiger partial charge in [-0.1, -0.05) is 67.8 Å². The summed E-state index contributed by atoms with van der Waals surface area (Å²) >= 11 is 0. The molecule has 30 heavy (non-hydrogen) atoms. The molecule has 1 fully saturated rings. The number of carbonyl (C=O) groups excluding carboxylic acids is 2. The Morgan fingerprint density at radius 1 is 0.733 bits per heavy atom. The van der Waals surface area contributed by atoms with Crippen molar-refractivity contribution in [1.82, 2.24) is 5.32 Å². The molecule has 4 rings (SSSR count). The number of hydrogen-bond acceptors (Lipinski definition) is 2. The van der Waals surface area contributed by atoms with E-state index in [0.717, 1.165) is 24.2 Å². The van der Waals surface area contributed by atoms with Crippen LogP contribution in [0.2, 0.25) is 0 Å². The quantitative estimate of drug-likeness (QED) is 0.683. The van der Waals surface area contributed by atoms with Crippen LogP contribution in [0.1, 0.15) is 44.9 Å². The summed E-state index contributed by atoms with van der Waals surface area (Å²) in [6, 6.07) is 19.7. The van der Waals surface area contributed by atoms with Gasteiger partial charge in [0.1, 0.15) is 0 Å². The second kappa shape index (κ2) is 9.75. The molecule has 4 heteroatoms. The normalized spacial score (nSPS) is 21.7. The van der Waals surface area contributed by atoms with Gasteiger partial charge >= 0.3 is 0 Å². The molecule has 0 spiro atoms. The molecule has 2 atom stereocenters. The number of hydrogen-bond donors (Lipinski definition) is 1. The SMILES string of the molecule is O=C(NC1CCCCC1)C1CC=CCC1C(=O)N(c1ccccc1)c1ccccc1. The molecular formula is C26H30N2O2. The van der Waals surface area contributed by atoms with Crippen LogP contribution in [-0.2, 0) is 9.59 Å². The van der Waals surface area contributed by atoms with Gasteiger partial charge in [0, 0.05) is 17.4 Å². The number of anilines is 2. The maximum absolute atomic E-state index is 13.8. The van der Waals surface area contributed by atoms with Gasteiger partial charge in [0.15, 0.2) is 0 Å². The van der Waals surface area contributed by atoms with Crippen LogP contribution in [-0.4, -0.2) is 17.9 Å². The average Bonchev–Trinajstić information content (AvgIpc) is 2.81. The zero-order valence-corrected chi connectivity index (χ0v) is 17.4. The maximum Gasteiger partial charge on any atom is 0.235 e. The molecule has 4 nitrogen and oxygen atoms in total. The van der Waals surface area contributed by atoms with Crippen molar-refractivity contribution in [3.05, 3.63) is 72.8 Å². The number of carbonyl (C=O) groups is 2. The van der Waals surface area contributed by atoms with E-state index in [0.29, 0.717) is 12.8 Å². The minimum absolute atomic E-state index is 0.0134. The Bertz CT molecular complexity index is 833. The van der Waals surface area contributed by atoms with Gasteiger partial charge in [-0.15, -0.1) is 0 Å². The highest BCUT2D eigenvalue weighted by molar-refractivity contribution is 6.03. The molecule has 0 heterocycles. The number of rotatable bonds is 5. The lowest BCUT2D eigenvalue weighted by Crippen LogP contribution is -2.46. The fraction of sp³-hybridized carbons (Fsp3) is 0.385. The number of amides is 2. The van der Waals surface area contributed by atoms with Crippen molar-refractivity contribution >= 4 is 23.2 Å². The summed E-state index contributed by atoms with van der Waals surface area (Å²) in [4.78, 5) is 28.7. The van der Waals surface area contributed by atoms with E-state index in [4.69, 9.17) is 0 Å². The number of nitrogens with zero attached hydrogens (tertiary/aromatic N) is 1. The van der Waals surface area contributed by atoms with Gasteiger partial charge in [-0.3, -0.25) is 14.5 Å². The van der Waals surface area contributed by atoms with E-state index in [1.165, 1.54) is 19.3 Å². The van der Waals surface area contributed by atoms with Crippen LogP contribution in [0.4, 0.5) is 11.4 Å². The first-order valence-corrected chi connectivity index (χ1v) is 11.1. The van der Waals surface area contributed by atoms with Crippen molar-refractivity contribution in [1.29, 1.82) is 0 Å². The molecule has 0 aliphatic heterocycles. The third kappa shape index (κ3) is 4.64. The van der Waals surface area contributed by atoms with E-state index in [9.17, 15) is 9.59 Å². The van der Waals surface area contributed by atoms with Crippen molar-refractivity contribution in [3.8, 4) is 0 Å². The van der Waals surface area contributed by atoms with Gasteiger partial charge in [0.05, 0.1) is 11.8 Å². The molecule has 2 aliphatic rings. The van der Waals surface area contributed by atoms with Gasteiger partial charge in [0.25, 0.3) is 0 Å². The lowest BCUT2D eigenvalue weighted by Gasteiger charge is -2.33. The Balaban J connectivity index is 1.59. The first-order chi connectivity index (χ1) is 14.7. The van der Waals surface area contributed by atoms with E-state index in [2.05, 4.69) is 5.32 Å². The van der Waals surface area contributed by atoms with Gasteiger partial charge in [-0.25, -0.2) is 0 Å². The monoisotopic (exact) mass is 402 g/mol. The van der Waals surface area contributed by atoms with E-state index in [1.807, 2.05) is 72.8 Å². The second-order valence-corrected chi connectivity index (χ2v) is 8.34. The Hall–Kier alpha value is -2.88. The van der Waals surface area contributed by atoms with Crippen LogP contribution in [0.3, 0.4) is 0 Å². The summed E-state index contributed by atoms with van der Waals surface area (Å²) in [6.07, 6.45) is 11.0. The molecule has 0 aromatic heterocycles. The lowest BCUT2D eigenvalue weighted by molar-refractivity contribution is -0.133. The third-order valence-corrected chi connectivity index (χ3v) is 6.29. The Morgan fingerprint density at radius 3 is 1.83 bits per heavy atom. The number of allylic oxidation sites excluding steroid dienone is 2. The molecule has 2 unspecified atom stereocenters. The van der Waals surface area contributed by atoms with Crippen LogP contribution in [0.15, 0.2) is 72.8 Å². The largest absolute Gasteiger partial charge is 0.353 e. The van der Waals surface area contributed by atoms with E-state index in [1.54, 1.807) is 4.90 Å². The Labute approximate surface area is 179 Å². The molecule has 1 N–H and O–H groups in total. The highest BCUT2D eigenvalue weighted by Crippen LogP contribution is 2.34. The molecule has 0 saturated heterocycles. The molecule has 0 radical (unpaired) electrons. The van der Waals surface area contributed by atoms with E-state index in [-0.39, 0.29) is 29.7 Å². The summed E-state index contributed by atoms with van der Waals surface area (Å²) < 4.78 is 0. The van der Waals surface area contributed by atoms with Crippen LogP contribution >= 0.6 is 0 Å². The average molecular weight is 403 g/mol. The van der Waals surface area contributed by atoms with Crippen molar-refractivity contribution in [2.75, 3.05) is 4.90 Å². The molecule has 2 aromatic rings. The topological polar surface area (TPSA) is 49.4 Å². The third-order valence-electron chi connectivity index (χ3n) is 6.29. The predicted molar refractivity (Wildman–Crippen MR) is 120 cm³/mol. The minimum atomic E-state index is -0.362. The van der Waals surface area contributed by atoms with Crippen LogP contribution in [0, 0.1) is 11.8 Å². The summed E-state index contributed by atoms with van der Waals surface area (Å²) in [7, 11) is 0. The van der Waals surface area contributed by atoms with Gasteiger partial charge in [-0.2, -0.15) is 0 Å². The van der Waals surface area contributed by atoms with E-state index < -0.39 is 0 Å². The first kappa shape index (κ1) is 20.4.